The van der Waals surface area contributed by atoms with Crippen LogP contribution in [-0.2, 0) is 11.2 Å². The Morgan fingerprint density at radius 1 is 1.11 bits per heavy atom. The van der Waals surface area contributed by atoms with E-state index in [-0.39, 0.29) is 23.8 Å². The number of amides is 1. The topological polar surface area (TPSA) is 56.2 Å². The first-order valence-electron chi connectivity index (χ1n) is 8.14. The van der Waals surface area contributed by atoms with E-state index in [1.165, 1.54) is 18.2 Å². The molecule has 1 amide bonds. The fourth-order valence-electron chi connectivity index (χ4n) is 2.46. The lowest BCUT2D eigenvalue weighted by atomic mass is 10.2. The van der Waals surface area contributed by atoms with Gasteiger partial charge in [-0.15, -0.1) is 13.2 Å². The Balaban J connectivity index is 1.55. The number of rotatable bonds is 6. The quantitative estimate of drug-likeness (QED) is 0.697. The van der Waals surface area contributed by atoms with Gasteiger partial charge in [0.15, 0.2) is 0 Å². The van der Waals surface area contributed by atoms with Crippen molar-refractivity contribution < 1.29 is 22.7 Å². The molecule has 140 valence electrons. The van der Waals surface area contributed by atoms with E-state index in [0.29, 0.717) is 6.42 Å². The number of anilines is 1. The molecule has 1 N–H and O–H groups in total. The molecule has 0 bridgehead atoms. The number of alkyl halides is 3. The van der Waals surface area contributed by atoms with Gasteiger partial charge < -0.3 is 10.1 Å². The highest BCUT2D eigenvalue weighted by Gasteiger charge is 2.31. The Morgan fingerprint density at radius 3 is 2.63 bits per heavy atom. The van der Waals surface area contributed by atoms with Gasteiger partial charge in [0, 0.05) is 24.4 Å². The predicted octanol–water partition coefficient (Wildman–Crippen LogP) is 4.34. The molecule has 0 aliphatic heterocycles. The zero-order chi connectivity index (χ0) is 19.3. The second kappa shape index (κ2) is 7.94. The van der Waals surface area contributed by atoms with Crippen LogP contribution in [0.15, 0.2) is 67.0 Å². The van der Waals surface area contributed by atoms with Crippen molar-refractivity contribution in [1.29, 1.82) is 0 Å². The zero-order valence-corrected chi connectivity index (χ0v) is 14.1. The highest BCUT2D eigenvalue weighted by atomic mass is 19.4. The SMILES string of the molecule is O=C(CCc1cnn(-c2ccccc2)c1)Nc1cccc(OC(F)(F)F)c1. The van der Waals surface area contributed by atoms with E-state index in [1.54, 1.807) is 10.9 Å². The first-order chi connectivity index (χ1) is 12.9. The summed E-state index contributed by atoms with van der Waals surface area (Å²) in [5.41, 5.74) is 2.03. The van der Waals surface area contributed by atoms with E-state index in [2.05, 4.69) is 15.2 Å². The van der Waals surface area contributed by atoms with Crippen molar-refractivity contribution in [2.24, 2.45) is 0 Å². The number of hydrogen-bond acceptors (Lipinski definition) is 3. The van der Waals surface area contributed by atoms with Crippen LogP contribution >= 0.6 is 0 Å². The lowest BCUT2D eigenvalue weighted by Crippen LogP contribution is -2.17. The fourth-order valence-corrected chi connectivity index (χ4v) is 2.46. The molecule has 0 atom stereocenters. The van der Waals surface area contributed by atoms with Crippen LogP contribution in [0.3, 0.4) is 0 Å². The maximum absolute atomic E-state index is 12.3. The number of benzene rings is 2. The third kappa shape index (κ3) is 5.60. The van der Waals surface area contributed by atoms with Gasteiger partial charge in [-0.3, -0.25) is 4.79 Å². The summed E-state index contributed by atoms with van der Waals surface area (Å²) in [6.07, 6.45) is -0.637. The third-order valence-electron chi connectivity index (χ3n) is 3.65. The van der Waals surface area contributed by atoms with Gasteiger partial charge in [0.05, 0.1) is 11.9 Å². The van der Waals surface area contributed by atoms with Gasteiger partial charge in [0.1, 0.15) is 5.75 Å². The Morgan fingerprint density at radius 2 is 1.89 bits per heavy atom. The number of nitrogens with zero attached hydrogens (tertiary/aromatic N) is 2. The Labute approximate surface area is 153 Å². The van der Waals surface area contributed by atoms with Crippen molar-refractivity contribution in [3.63, 3.8) is 0 Å². The third-order valence-corrected chi connectivity index (χ3v) is 3.65. The molecular weight excluding hydrogens is 359 g/mol. The smallest absolute Gasteiger partial charge is 0.406 e. The van der Waals surface area contributed by atoms with Crippen molar-refractivity contribution in [2.75, 3.05) is 5.32 Å². The minimum absolute atomic E-state index is 0.171. The van der Waals surface area contributed by atoms with Gasteiger partial charge in [0.25, 0.3) is 0 Å². The van der Waals surface area contributed by atoms with Crippen LogP contribution in [0.5, 0.6) is 5.75 Å². The lowest BCUT2D eigenvalue weighted by molar-refractivity contribution is -0.274. The van der Waals surface area contributed by atoms with Crippen LogP contribution in [0.25, 0.3) is 5.69 Å². The molecule has 0 aliphatic carbocycles. The van der Waals surface area contributed by atoms with Crippen LogP contribution in [0.1, 0.15) is 12.0 Å². The van der Waals surface area contributed by atoms with Crippen molar-refractivity contribution in [3.05, 3.63) is 72.6 Å². The van der Waals surface area contributed by atoms with Gasteiger partial charge in [-0.1, -0.05) is 24.3 Å². The molecule has 0 spiro atoms. The monoisotopic (exact) mass is 375 g/mol. The van der Waals surface area contributed by atoms with E-state index < -0.39 is 6.36 Å². The number of nitrogens with one attached hydrogen (secondary N) is 1. The number of para-hydroxylation sites is 1. The average Bonchev–Trinajstić information content (AvgIpc) is 3.09. The summed E-state index contributed by atoms with van der Waals surface area (Å²) >= 11 is 0. The molecule has 0 saturated carbocycles. The van der Waals surface area contributed by atoms with E-state index in [9.17, 15) is 18.0 Å². The molecule has 1 aromatic heterocycles. The van der Waals surface area contributed by atoms with Crippen LogP contribution in [0.2, 0.25) is 0 Å². The molecule has 1 heterocycles. The van der Waals surface area contributed by atoms with E-state index in [4.69, 9.17) is 0 Å². The Kier molecular flexibility index (Phi) is 5.44. The van der Waals surface area contributed by atoms with Crippen LogP contribution in [0.4, 0.5) is 18.9 Å². The first-order valence-corrected chi connectivity index (χ1v) is 8.14. The van der Waals surface area contributed by atoms with Gasteiger partial charge in [-0.25, -0.2) is 4.68 Å². The fraction of sp³-hybridized carbons (Fsp3) is 0.158. The highest BCUT2D eigenvalue weighted by Crippen LogP contribution is 2.25. The average molecular weight is 375 g/mol. The number of ether oxygens (including phenoxy) is 1. The molecule has 0 aliphatic rings. The standard InChI is InChI=1S/C19H16F3N3O2/c20-19(21,22)27-17-8-4-5-15(11-17)24-18(26)10-9-14-12-23-25(13-14)16-6-2-1-3-7-16/h1-8,11-13H,9-10H2,(H,24,26). The van der Waals surface area contributed by atoms with Gasteiger partial charge in [-0.05, 0) is 36.2 Å². The molecule has 3 rings (SSSR count). The van der Waals surface area contributed by atoms with E-state index in [1.807, 2.05) is 36.5 Å². The number of hydrogen-bond donors (Lipinski definition) is 1. The number of aryl methyl sites for hydroxylation is 1. The van der Waals surface area contributed by atoms with Gasteiger partial charge in [0.2, 0.25) is 5.91 Å². The summed E-state index contributed by atoms with van der Waals surface area (Å²) in [5, 5.41) is 6.82. The second-order valence-electron chi connectivity index (χ2n) is 5.75. The minimum Gasteiger partial charge on any atom is -0.406 e. The lowest BCUT2D eigenvalue weighted by Gasteiger charge is -2.10. The van der Waals surface area contributed by atoms with Crippen LogP contribution in [-0.4, -0.2) is 22.1 Å². The molecule has 0 fully saturated rings. The summed E-state index contributed by atoms with van der Waals surface area (Å²) in [5.74, 6) is -0.698. The minimum atomic E-state index is -4.78. The van der Waals surface area contributed by atoms with E-state index >= 15 is 0 Å². The normalized spacial score (nSPS) is 11.2. The number of aromatic nitrogens is 2. The van der Waals surface area contributed by atoms with Crippen molar-refractivity contribution in [1.82, 2.24) is 9.78 Å². The summed E-state index contributed by atoms with van der Waals surface area (Å²) in [6, 6.07) is 14.7. The predicted molar refractivity (Wildman–Crippen MR) is 93.6 cm³/mol. The second-order valence-corrected chi connectivity index (χ2v) is 5.75. The summed E-state index contributed by atoms with van der Waals surface area (Å²) < 4.78 is 42.3. The molecule has 3 aromatic rings. The van der Waals surface area contributed by atoms with Crippen molar-refractivity contribution in [3.8, 4) is 11.4 Å². The van der Waals surface area contributed by atoms with Crippen molar-refractivity contribution in [2.45, 2.75) is 19.2 Å². The first kappa shape index (κ1) is 18.5. The van der Waals surface area contributed by atoms with Gasteiger partial charge in [-0.2, -0.15) is 5.10 Å². The Bertz CT molecular complexity index is 908. The summed E-state index contributed by atoms with van der Waals surface area (Å²) in [4.78, 5) is 12.1. The number of carbonyl (C=O) groups is 1. The largest absolute Gasteiger partial charge is 0.573 e. The van der Waals surface area contributed by atoms with Crippen LogP contribution in [0, 0.1) is 0 Å². The van der Waals surface area contributed by atoms with Crippen LogP contribution < -0.4 is 10.1 Å². The molecule has 0 saturated heterocycles. The Hall–Kier alpha value is -3.29. The number of halogens is 3. The summed E-state index contributed by atoms with van der Waals surface area (Å²) in [6.45, 7) is 0. The molecule has 0 unspecified atom stereocenters. The van der Waals surface area contributed by atoms with Crippen molar-refractivity contribution >= 4 is 11.6 Å². The number of carbonyl (C=O) groups excluding carboxylic acids is 1. The molecule has 27 heavy (non-hydrogen) atoms. The molecular formula is C19H16F3N3O2. The summed E-state index contributed by atoms with van der Waals surface area (Å²) in [7, 11) is 0. The highest BCUT2D eigenvalue weighted by molar-refractivity contribution is 5.91. The zero-order valence-electron chi connectivity index (χ0n) is 14.1. The maximum atomic E-state index is 12.3. The maximum Gasteiger partial charge on any atom is 0.573 e. The molecule has 2 aromatic carbocycles. The molecule has 5 nitrogen and oxygen atoms in total. The molecule has 8 heteroatoms. The van der Waals surface area contributed by atoms with Gasteiger partial charge >= 0.3 is 6.36 Å². The van der Waals surface area contributed by atoms with E-state index in [0.717, 1.165) is 17.3 Å². The molecule has 0 radical (unpaired) electrons.